The summed E-state index contributed by atoms with van der Waals surface area (Å²) in [7, 11) is 0. The second-order valence-corrected chi connectivity index (χ2v) is 7.40. The van der Waals surface area contributed by atoms with Gasteiger partial charge in [-0.1, -0.05) is 18.2 Å². The van der Waals surface area contributed by atoms with Crippen molar-refractivity contribution < 1.29 is 18.7 Å². The van der Waals surface area contributed by atoms with Crippen molar-refractivity contribution in [1.29, 1.82) is 0 Å². The molecular weight excluding hydrogens is 369 g/mol. The first-order chi connectivity index (χ1) is 13.1. The Morgan fingerprint density at radius 2 is 2.11 bits per heavy atom. The molecule has 1 fully saturated rings. The minimum Gasteiger partial charge on any atom is -0.377 e. The SMILES string of the molecule is O=C(CN(Cc1cccs1)C[C@H]1CCCO1)NC(=O)Nc1ccccc1F. The van der Waals surface area contributed by atoms with Gasteiger partial charge in [0.05, 0.1) is 18.3 Å². The van der Waals surface area contributed by atoms with Gasteiger partial charge in [0.15, 0.2) is 0 Å². The van der Waals surface area contributed by atoms with E-state index in [-0.39, 0.29) is 18.3 Å². The molecule has 27 heavy (non-hydrogen) atoms. The van der Waals surface area contributed by atoms with E-state index in [0.717, 1.165) is 24.3 Å². The molecule has 0 aliphatic carbocycles. The number of ether oxygens (including phenoxy) is 1. The summed E-state index contributed by atoms with van der Waals surface area (Å²) in [5.74, 6) is -1.00. The lowest BCUT2D eigenvalue weighted by Gasteiger charge is -2.24. The summed E-state index contributed by atoms with van der Waals surface area (Å²) in [6, 6.07) is 9.02. The lowest BCUT2D eigenvalue weighted by molar-refractivity contribution is -0.121. The largest absolute Gasteiger partial charge is 0.377 e. The van der Waals surface area contributed by atoms with Crippen molar-refractivity contribution >= 4 is 29.0 Å². The van der Waals surface area contributed by atoms with Gasteiger partial charge in [-0.3, -0.25) is 15.0 Å². The Bertz CT molecular complexity index is 763. The highest BCUT2D eigenvalue weighted by Crippen LogP contribution is 2.17. The van der Waals surface area contributed by atoms with Crippen LogP contribution in [-0.2, 0) is 16.1 Å². The summed E-state index contributed by atoms with van der Waals surface area (Å²) in [5.41, 5.74) is 0.0256. The van der Waals surface area contributed by atoms with Crippen LogP contribution in [0.25, 0.3) is 0 Å². The zero-order chi connectivity index (χ0) is 19.1. The number of nitrogens with zero attached hydrogens (tertiary/aromatic N) is 1. The molecule has 2 heterocycles. The van der Waals surface area contributed by atoms with Crippen molar-refractivity contribution in [2.24, 2.45) is 0 Å². The maximum Gasteiger partial charge on any atom is 0.326 e. The highest BCUT2D eigenvalue weighted by atomic mass is 32.1. The third kappa shape index (κ3) is 6.13. The molecule has 144 valence electrons. The molecule has 2 N–H and O–H groups in total. The van der Waals surface area contributed by atoms with E-state index < -0.39 is 17.8 Å². The molecule has 3 rings (SSSR count). The molecule has 0 saturated carbocycles. The lowest BCUT2D eigenvalue weighted by Crippen LogP contribution is -2.43. The number of urea groups is 1. The fourth-order valence-corrected chi connectivity index (χ4v) is 3.72. The van der Waals surface area contributed by atoms with Crippen LogP contribution in [0, 0.1) is 5.82 Å². The number of thiophene rings is 1. The van der Waals surface area contributed by atoms with E-state index in [2.05, 4.69) is 10.6 Å². The van der Waals surface area contributed by atoms with Crippen molar-refractivity contribution in [1.82, 2.24) is 10.2 Å². The van der Waals surface area contributed by atoms with Crippen LogP contribution in [0.15, 0.2) is 41.8 Å². The van der Waals surface area contributed by atoms with Gasteiger partial charge in [0.1, 0.15) is 5.82 Å². The average Bonchev–Trinajstić information content (AvgIpc) is 3.31. The van der Waals surface area contributed by atoms with Crippen LogP contribution >= 0.6 is 11.3 Å². The van der Waals surface area contributed by atoms with Crippen molar-refractivity contribution in [2.45, 2.75) is 25.5 Å². The van der Waals surface area contributed by atoms with Crippen molar-refractivity contribution in [2.75, 3.05) is 25.0 Å². The van der Waals surface area contributed by atoms with Gasteiger partial charge in [0.25, 0.3) is 0 Å². The van der Waals surface area contributed by atoms with Gasteiger partial charge < -0.3 is 10.1 Å². The lowest BCUT2D eigenvalue weighted by atomic mass is 10.2. The van der Waals surface area contributed by atoms with Crippen LogP contribution < -0.4 is 10.6 Å². The number of imide groups is 1. The molecule has 8 heteroatoms. The Balaban J connectivity index is 1.54. The van der Waals surface area contributed by atoms with Crippen LogP contribution in [0.3, 0.4) is 0 Å². The summed E-state index contributed by atoms with van der Waals surface area (Å²) in [4.78, 5) is 27.4. The second kappa shape index (κ2) is 9.59. The third-order valence-corrected chi connectivity index (χ3v) is 5.05. The maximum absolute atomic E-state index is 13.6. The van der Waals surface area contributed by atoms with E-state index in [1.807, 2.05) is 22.4 Å². The van der Waals surface area contributed by atoms with Gasteiger partial charge in [0, 0.05) is 24.6 Å². The van der Waals surface area contributed by atoms with Crippen molar-refractivity contribution in [3.8, 4) is 0 Å². The quantitative estimate of drug-likeness (QED) is 0.760. The zero-order valence-corrected chi connectivity index (χ0v) is 15.6. The zero-order valence-electron chi connectivity index (χ0n) is 14.8. The summed E-state index contributed by atoms with van der Waals surface area (Å²) in [6.45, 7) is 2.04. The number of halogens is 1. The Hall–Kier alpha value is -2.29. The van der Waals surface area contributed by atoms with Gasteiger partial charge in [-0.05, 0) is 36.4 Å². The first-order valence-electron chi connectivity index (χ1n) is 8.82. The second-order valence-electron chi connectivity index (χ2n) is 6.37. The van der Waals surface area contributed by atoms with Gasteiger partial charge in [-0.25, -0.2) is 9.18 Å². The predicted molar refractivity (Wildman–Crippen MR) is 102 cm³/mol. The number of rotatable bonds is 7. The summed E-state index contributed by atoms with van der Waals surface area (Å²) < 4.78 is 19.3. The Kier molecular flexibility index (Phi) is 6.92. The fraction of sp³-hybridized carbons (Fsp3) is 0.368. The Morgan fingerprint density at radius 3 is 2.81 bits per heavy atom. The van der Waals surface area contributed by atoms with Crippen LogP contribution in [-0.4, -0.2) is 42.6 Å². The normalized spacial score (nSPS) is 16.4. The van der Waals surface area contributed by atoms with Gasteiger partial charge >= 0.3 is 6.03 Å². The average molecular weight is 391 g/mol. The topological polar surface area (TPSA) is 70.7 Å². The molecule has 6 nitrogen and oxygen atoms in total. The van der Waals surface area contributed by atoms with Crippen LogP contribution in [0.1, 0.15) is 17.7 Å². The van der Waals surface area contributed by atoms with Gasteiger partial charge in [-0.15, -0.1) is 11.3 Å². The number of hydrogen-bond donors (Lipinski definition) is 2. The van der Waals surface area contributed by atoms with Crippen LogP contribution in [0.2, 0.25) is 0 Å². The predicted octanol–water partition coefficient (Wildman–Crippen LogP) is 3.22. The molecule has 1 atom stereocenters. The summed E-state index contributed by atoms with van der Waals surface area (Å²) in [5, 5.41) is 6.59. The highest BCUT2D eigenvalue weighted by Gasteiger charge is 2.22. The number of anilines is 1. The number of carbonyl (C=O) groups excluding carboxylic acids is 2. The number of para-hydroxylation sites is 1. The molecule has 1 saturated heterocycles. The van der Waals surface area contributed by atoms with E-state index in [1.165, 1.54) is 18.2 Å². The summed E-state index contributed by atoms with van der Waals surface area (Å²) in [6.07, 6.45) is 2.09. The first-order valence-corrected chi connectivity index (χ1v) is 9.70. The van der Waals surface area contributed by atoms with Gasteiger partial charge in [0.2, 0.25) is 5.91 Å². The Morgan fingerprint density at radius 1 is 1.26 bits per heavy atom. The third-order valence-electron chi connectivity index (χ3n) is 4.19. The monoisotopic (exact) mass is 391 g/mol. The Labute approximate surface area is 161 Å². The van der Waals surface area contributed by atoms with E-state index in [0.29, 0.717) is 13.1 Å². The first kappa shape index (κ1) is 19.5. The molecule has 1 aromatic heterocycles. The standard InChI is InChI=1S/C19H22FN3O3S/c20-16-7-1-2-8-17(16)21-19(25)22-18(24)13-23(11-14-5-3-9-26-14)12-15-6-4-10-27-15/h1-2,4,6-8,10,14H,3,5,9,11-13H2,(H2,21,22,24,25)/t14-/m1/s1. The van der Waals surface area contributed by atoms with Crippen LogP contribution in [0.4, 0.5) is 14.9 Å². The summed E-state index contributed by atoms with van der Waals surface area (Å²) >= 11 is 1.62. The molecular formula is C19H22FN3O3S. The number of amides is 3. The molecule has 3 amide bonds. The van der Waals surface area contributed by atoms with E-state index in [4.69, 9.17) is 4.74 Å². The molecule has 1 aliphatic heterocycles. The van der Waals surface area contributed by atoms with E-state index in [1.54, 1.807) is 17.4 Å². The molecule has 2 aromatic rings. The molecule has 1 aromatic carbocycles. The minimum absolute atomic E-state index is 0.0256. The minimum atomic E-state index is -0.752. The smallest absolute Gasteiger partial charge is 0.326 e. The number of benzene rings is 1. The van der Waals surface area contributed by atoms with E-state index in [9.17, 15) is 14.0 Å². The number of carbonyl (C=O) groups is 2. The number of hydrogen-bond acceptors (Lipinski definition) is 5. The van der Waals surface area contributed by atoms with Gasteiger partial charge in [-0.2, -0.15) is 0 Å². The molecule has 0 bridgehead atoms. The highest BCUT2D eigenvalue weighted by molar-refractivity contribution is 7.09. The molecule has 0 unspecified atom stereocenters. The van der Waals surface area contributed by atoms with Crippen molar-refractivity contribution in [3.05, 3.63) is 52.5 Å². The van der Waals surface area contributed by atoms with Crippen LogP contribution in [0.5, 0.6) is 0 Å². The fourth-order valence-electron chi connectivity index (χ4n) is 2.97. The molecule has 0 radical (unpaired) electrons. The van der Waals surface area contributed by atoms with E-state index >= 15 is 0 Å². The molecule has 1 aliphatic rings. The van der Waals surface area contributed by atoms with Crippen molar-refractivity contribution in [3.63, 3.8) is 0 Å². The number of nitrogens with one attached hydrogen (secondary N) is 2. The maximum atomic E-state index is 13.6. The molecule has 0 spiro atoms.